The topological polar surface area (TPSA) is 85.9 Å². The maximum atomic E-state index is 12.1. The van der Waals surface area contributed by atoms with Crippen LogP contribution in [0.1, 0.15) is 15.9 Å². The van der Waals surface area contributed by atoms with Crippen molar-refractivity contribution in [1.29, 1.82) is 0 Å². The molecule has 1 aliphatic heterocycles. The highest BCUT2D eigenvalue weighted by Crippen LogP contribution is 2.32. The number of hydrazine groups is 1. The Hall–Kier alpha value is -3.00. The minimum absolute atomic E-state index is 0.126. The van der Waals surface area contributed by atoms with Crippen LogP contribution < -0.4 is 25.1 Å². The fourth-order valence-corrected chi connectivity index (χ4v) is 2.65. The Morgan fingerprint density at radius 1 is 1.12 bits per heavy atom. The molecule has 1 heterocycles. The van der Waals surface area contributed by atoms with Gasteiger partial charge in [-0.3, -0.25) is 20.4 Å². The van der Waals surface area contributed by atoms with Gasteiger partial charge in [-0.2, -0.15) is 0 Å². The predicted octanol–water partition coefficient (Wildman–Crippen LogP) is 2.66. The van der Waals surface area contributed by atoms with Gasteiger partial charge in [0.25, 0.3) is 11.8 Å². The third-order valence-electron chi connectivity index (χ3n) is 3.54. The second-order valence-corrected chi connectivity index (χ2v) is 6.15. The van der Waals surface area contributed by atoms with E-state index in [1.54, 1.807) is 37.5 Å². The van der Waals surface area contributed by atoms with Crippen LogP contribution in [0.25, 0.3) is 6.08 Å². The number of rotatable bonds is 4. The summed E-state index contributed by atoms with van der Waals surface area (Å²) in [5.41, 5.74) is 5.72. The number of benzene rings is 2. The van der Waals surface area contributed by atoms with Gasteiger partial charge in [-0.25, -0.2) is 0 Å². The number of fused-ring (bicyclic) bond motifs is 1. The highest BCUT2D eigenvalue weighted by molar-refractivity contribution is 9.10. The highest BCUT2D eigenvalue weighted by atomic mass is 79.9. The van der Waals surface area contributed by atoms with Gasteiger partial charge in [-0.15, -0.1) is 0 Å². The van der Waals surface area contributed by atoms with Crippen molar-refractivity contribution in [3.05, 3.63) is 58.1 Å². The molecule has 3 rings (SSSR count). The molecule has 7 nitrogen and oxygen atoms in total. The minimum Gasteiger partial charge on any atom is -0.496 e. The van der Waals surface area contributed by atoms with Gasteiger partial charge in [0.05, 0.1) is 7.11 Å². The van der Waals surface area contributed by atoms with Crippen LogP contribution in [-0.4, -0.2) is 25.7 Å². The largest absolute Gasteiger partial charge is 0.496 e. The molecule has 26 heavy (non-hydrogen) atoms. The molecule has 1 aliphatic rings. The van der Waals surface area contributed by atoms with E-state index in [9.17, 15) is 9.59 Å². The van der Waals surface area contributed by atoms with E-state index in [4.69, 9.17) is 14.2 Å². The number of nitrogens with one attached hydrogen (secondary N) is 2. The molecule has 0 spiro atoms. The Balaban J connectivity index is 1.59. The Bertz CT molecular complexity index is 882. The lowest BCUT2D eigenvalue weighted by Crippen LogP contribution is -2.40. The highest BCUT2D eigenvalue weighted by Gasteiger charge is 2.16. The van der Waals surface area contributed by atoms with Crippen molar-refractivity contribution in [2.24, 2.45) is 0 Å². The molecule has 0 bridgehead atoms. The average molecular weight is 419 g/mol. The quantitative estimate of drug-likeness (QED) is 0.588. The first kappa shape index (κ1) is 17.8. The number of carbonyl (C=O) groups excluding carboxylic acids is 2. The Labute approximate surface area is 158 Å². The fourth-order valence-electron chi connectivity index (χ4n) is 2.27. The summed E-state index contributed by atoms with van der Waals surface area (Å²) in [5.74, 6) is 0.745. The van der Waals surface area contributed by atoms with E-state index in [0.717, 1.165) is 10.0 Å². The molecule has 0 saturated carbocycles. The third-order valence-corrected chi connectivity index (χ3v) is 4.03. The summed E-state index contributed by atoms with van der Waals surface area (Å²) in [6.45, 7) is 0.126. The number of methoxy groups -OCH3 is 1. The lowest BCUT2D eigenvalue weighted by molar-refractivity contribution is -0.117. The van der Waals surface area contributed by atoms with Crippen molar-refractivity contribution in [1.82, 2.24) is 10.9 Å². The Morgan fingerprint density at radius 3 is 2.73 bits per heavy atom. The zero-order chi connectivity index (χ0) is 18.5. The summed E-state index contributed by atoms with van der Waals surface area (Å²) in [5, 5.41) is 0. The SMILES string of the molecule is COc1ccc(Br)cc1/C=C/C(=O)NNC(=O)c1ccc2c(c1)OCO2. The van der Waals surface area contributed by atoms with E-state index >= 15 is 0 Å². The third kappa shape index (κ3) is 4.15. The van der Waals surface area contributed by atoms with E-state index in [1.165, 1.54) is 6.08 Å². The van der Waals surface area contributed by atoms with E-state index in [0.29, 0.717) is 22.8 Å². The normalized spacial score (nSPS) is 12.1. The summed E-state index contributed by atoms with van der Waals surface area (Å²) in [4.78, 5) is 24.0. The molecule has 0 atom stereocenters. The van der Waals surface area contributed by atoms with Gasteiger partial charge in [-0.05, 0) is 42.5 Å². The summed E-state index contributed by atoms with van der Waals surface area (Å²) >= 11 is 3.36. The Morgan fingerprint density at radius 2 is 1.92 bits per heavy atom. The van der Waals surface area contributed by atoms with Crippen LogP contribution in [0.5, 0.6) is 17.2 Å². The number of hydrogen-bond donors (Lipinski definition) is 2. The Kier molecular flexibility index (Phi) is 5.43. The van der Waals surface area contributed by atoms with E-state index in [1.807, 2.05) is 12.1 Å². The second kappa shape index (κ2) is 7.92. The number of halogens is 1. The first-order valence-electron chi connectivity index (χ1n) is 7.58. The molecule has 2 N–H and O–H groups in total. The van der Waals surface area contributed by atoms with Crippen molar-refractivity contribution < 1.29 is 23.8 Å². The van der Waals surface area contributed by atoms with Gasteiger partial charge in [0.1, 0.15) is 5.75 Å². The number of hydrogen-bond acceptors (Lipinski definition) is 5. The monoisotopic (exact) mass is 418 g/mol. The zero-order valence-electron chi connectivity index (χ0n) is 13.7. The molecule has 0 aliphatic carbocycles. The number of carbonyl (C=O) groups is 2. The van der Waals surface area contributed by atoms with Crippen LogP contribution in [0.4, 0.5) is 0 Å². The predicted molar refractivity (Wildman–Crippen MR) is 97.9 cm³/mol. The first-order chi connectivity index (χ1) is 12.6. The summed E-state index contributed by atoms with van der Waals surface area (Å²) in [6, 6.07) is 10.2. The van der Waals surface area contributed by atoms with E-state index in [-0.39, 0.29) is 6.79 Å². The molecular formula is C18H15BrN2O5. The van der Waals surface area contributed by atoms with Crippen LogP contribution in [0.15, 0.2) is 46.9 Å². The molecule has 134 valence electrons. The molecule has 8 heteroatoms. The summed E-state index contributed by atoms with van der Waals surface area (Å²) in [7, 11) is 1.55. The van der Waals surface area contributed by atoms with Crippen LogP contribution in [0, 0.1) is 0 Å². The van der Waals surface area contributed by atoms with Gasteiger partial charge in [0.15, 0.2) is 11.5 Å². The van der Waals surface area contributed by atoms with Crippen LogP contribution in [0.2, 0.25) is 0 Å². The van der Waals surface area contributed by atoms with Crippen molar-refractivity contribution in [2.45, 2.75) is 0 Å². The zero-order valence-corrected chi connectivity index (χ0v) is 15.3. The first-order valence-corrected chi connectivity index (χ1v) is 8.37. The molecular weight excluding hydrogens is 404 g/mol. The van der Waals surface area contributed by atoms with Crippen molar-refractivity contribution >= 4 is 33.8 Å². The lowest BCUT2D eigenvalue weighted by atomic mass is 10.2. The molecule has 0 saturated heterocycles. The molecule has 0 fully saturated rings. The summed E-state index contributed by atoms with van der Waals surface area (Å²) < 4.78 is 16.5. The maximum absolute atomic E-state index is 12.1. The molecule has 2 aromatic rings. The second-order valence-electron chi connectivity index (χ2n) is 5.23. The average Bonchev–Trinajstić information content (AvgIpc) is 3.12. The van der Waals surface area contributed by atoms with Crippen LogP contribution in [0.3, 0.4) is 0 Å². The van der Waals surface area contributed by atoms with Gasteiger partial charge in [-0.1, -0.05) is 15.9 Å². The smallest absolute Gasteiger partial charge is 0.269 e. The number of ether oxygens (including phenoxy) is 3. The molecule has 2 aromatic carbocycles. The molecule has 0 aromatic heterocycles. The van der Waals surface area contributed by atoms with Gasteiger partial charge in [0, 0.05) is 21.7 Å². The van der Waals surface area contributed by atoms with Crippen molar-refractivity contribution in [2.75, 3.05) is 13.9 Å². The number of amides is 2. The van der Waals surface area contributed by atoms with Gasteiger partial charge >= 0.3 is 0 Å². The van der Waals surface area contributed by atoms with Crippen molar-refractivity contribution in [3.8, 4) is 17.2 Å². The minimum atomic E-state index is -0.485. The van der Waals surface area contributed by atoms with E-state index in [2.05, 4.69) is 26.8 Å². The lowest BCUT2D eigenvalue weighted by Gasteiger charge is -2.07. The summed E-state index contributed by atoms with van der Waals surface area (Å²) in [6.07, 6.45) is 2.88. The van der Waals surface area contributed by atoms with Crippen LogP contribution >= 0.6 is 15.9 Å². The van der Waals surface area contributed by atoms with Gasteiger partial charge in [0.2, 0.25) is 6.79 Å². The van der Waals surface area contributed by atoms with E-state index < -0.39 is 11.8 Å². The van der Waals surface area contributed by atoms with Gasteiger partial charge < -0.3 is 14.2 Å². The van der Waals surface area contributed by atoms with Crippen molar-refractivity contribution in [3.63, 3.8) is 0 Å². The molecule has 0 unspecified atom stereocenters. The fraction of sp³-hybridized carbons (Fsp3) is 0.111. The molecule has 2 amide bonds. The standard InChI is InChI=1S/C18H15BrN2O5/c1-24-14-6-4-13(19)8-11(14)3-7-17(22)20-21-18(23)12-2-5-15-16(9-12)26-10-25-15/h2-9H,10H2,1H3,(H,20,22)(H,21,23)/b7-3+. The maximum Gasteiger partial charge on any atom is 0.269 e. The van der Waals surface area contributed by atoms with Crippen LogP contribution in [-0.2, 0) is 4.79 Å². The molecule has 0 radical (unpaired) electrons.